The van der Waals surface area contributed by atoms with Crippen molar-refractivity contribution >= 4 is 11.6 Å². The smallest absolute Gasteiger partial charge is 0.0444 e. The Bertz CT molecular complexity index is 454. The zero-order valence-corrected chi connectivity index (χ0v) is 12.8. The van der Waals surface area contributed by atoms with E-state index in [1.54, 1.807) is 0 Å². The molecule has 3 rings (SSSR count). The summed E-state index contributed by atoms with van der Waals surface area (Å²) in [6.07, 6.45) is 5.52. The first-order chi connectivity index (χ1) is 9.05. The van der Waals surface area contributed by atoms with Crippen LogP contribution in [0.15, 0.2) is 24.3 Å². The lowest BCUT2D eigenvalue weighted by Gasteiger charge is -2.50. The molecule has 1 spiro atoms. The van der Waals surface area contributed by atoms with Crippen molar-refractivity contribution < 1.29 is 0 Å². The maximum absolute atomic E-state index is 6.45. The zero-order chi connectivity index (χ0) is 13.5. The summed E-state index contributed by atoms with van der Waals surface area (Å²) in [5, 5.41) is 4.61. The van der Waals surface area contributed by atoms with Gasteiger partial charge in [-0.05, 0) is 55.2 Å². The molecule has 0 heterocycles. The maximum atomic E-state index is 6.45. The third-order valence-electron chi connectivity index (χ3n) is 4.85. The van der Waals surface area contributed by atoms with Gasteiger partial charge in [0.05, 0.1) is 0 Å². The predicted molar refractivity (Wildman–Crippen MR) is 81.7 cm³/mol. The lowest BCUT2D eigenvalue weighted by atomic mass is 9.56. The molecule has 0 aliphatic heterocycles. The molecule has 1 aromatic rings. The molecule has 0 aromatic heterocycles. The highest BCUT2D eigenvalue weighted by Gasteiger charge is 2.61. The van der Waals surface area contributed by atoms with Gasteiger partial charge in [-0.1, -0.05) is 43.6 Å². The Labute approximate surface area is 121 Å². The van der Waals surface area contributed by atoms with Gasteiger partial charge in [0, 0.05) is 17.0 Å². The second kappa shape index (κ2) is 4.79. The van der Waals surface area contributed by atoms with Crippen molar-refractivity contribution in [2.45, 2.75) is 44.9 Å². The van der Waals surface area contributed by atoms with Gasteiger partial charge in [0.1, 0.15) is 0 Å². The van der Waals surface area contributed by atoms with Gasteiger partial charge in [-0.3, -0.25) is 0 Å². The summed E-state index contributed by atoms with van der Waals surface area (Å²) in [5.74, 6) is 0.707. The van der Waals surface area contributed by atoms with Gasteiger partial charge in [-0.25, -0.2) is 0 Å². The number of nitrogens with one attached hydrogen (secondary N) is 1. The molecule has 1 aromatic carbocycles. The minimum atomic E-state index is 0.295. The molecule has 2 saturated carbocycles. The van der Waals surface area contributed by atoms with Crippen LogP contribution < -0.4 is 5.32 Å². The number of hydrogen-bond acceptors (Lipinski definition) is 1. The Morgan fingerprint density at radius 3 is 2.47 bits per heavy atom. The lowest BCUT2D eigenvalue weighted by molar-refractivity contribution is 0.115. The van der Waals surface area contributed by atoms with E-state index in [1.165, 1.54) is 31.2 Å². The van der Waals surface area contributed by atoms with Crippen molar-refractivity contribution in [1.29, 1.82) is 0 Å². The molecule has 2 aliphatic rings. The summed E-state index contributed by atoms with van der Waals surface area (Å²) >= 11 is 6.45. The van der Waals surface area contributed by atoms with Crippen LogP contribution in [-0.2, 0) is 5.41 Å². The third-order valence-corrected chi connectivity index (χ3v) is 5.17. The van der Waals surface area contributed by atoms with Gasteiger partial charge >= 0.3 is 0 Å². The highest BCUT2D eigenvalue weighted by molar-refractivity contribution is 6.31. The first-order valence-electron chi connectivity index (χ1n) is 7.51. The van der Waals surface area contributed by atoms with Crippen LogP contribution in [0.4, 0.5) is 0 Å². The summed E-state index contributed by atoms with van der Waals surface area (Å²) in [6.45, 7) is 6.70. The fourth-order valence-electron chi connectivity index (χ4n) is 3.82. The van der Waals surface area contributed by atoms with E-state index >= 15 is 0 Å². The standard InChI is InChI=1S/C17H24ClN/c1-13(2)9-19-12-17(10-16(11-17)7-8-16)14-5-3-4-6-15(14)18/h3-6,13,19H,7-12H2,1-2H3. The Hall–Kier alpha value is -0.530. The number of rotatable bonds is 5. The molecule has 19 heavy (non-hydrogen) atoms. The summed E-state index contributed by atoms with van der Waals surface area (Å²) in [6, 6.07) is 8.43. The van der Waals surface area contributed by atoms with Crippen LogP contribution in [-0.4, -0.2) is 13.1 Å². The Balaban J connectivity index is 1.76. The molecule has 1 N–H and O–H groups in total. The van der Waals surface area contributed by atoms with Crippen LogP contribution in [0, 0.1) is 11.3 Å². The van der Waals surface area contributed by atoms with Crippen molar-refractivity contribution in [2.75, 3.05) is 13.1 Å². The molecule has 0 unspecified atom stereocenters. The number of benzene rings is 1. The van der Waals surface area contributed by atoms with E-state index in [9.17, 15) is 0 Å². The van der Waals surface area contributed by atoms with Gasteiger partial charge in [-0.2, -0.15) is 0 Å². The largest absolute Gasteiger partial charge is 0.316 e. The quantitative estimate of drug-likeness (QED) is 0.841. The molecule has 2 heteroatoms. The van der Waals surface area contributed by atoms with Crippen LogP contribution in [0.2, 0.25) is 5.02 Å². The fraction of sp³-hybridized carbons (Fsp3) is 0.647. The van der Waals surface area contributed by atoms with E-state index in [-0.39, 0.29) is 0 Å². The van der Waals surface area contributed by atoms with Gasteiger partial charge < -0.3 is 5.32 Å². The molecule has 0 radical (unpaired) electrons. The van der Waals surface area contributed by atoms with Crippen molar-refractivity contribution in [1.82, 2.24) is 5.32 Å². The van der Waals surface area contributed by atoms with Crippen LogP contribution in [0.5, 0.6) is 0 Å². The van der Waals surface area contributed by atoms with Crippen molar-refractivity contribution in [3.05, 3.63) is 34.9 Å². The molecule has 2 aliphatic carbocycles. The van der Waals surface area contributed by atoms with Crippen molar-refractivity contribution in [3.8, 4) is 0 Å². The average Bonchev–Trinajstić information content (AvgIpc) is 3.08. The van der Waals surface area contributed by atoms with E-state index < -0.39 is 0 Å². The van der Waals surface area contributed by atoms with Gasteiger partial charge in [0.15, 0.2) is 0 Å². The Morgan fingerprint density at radius 1 is 1.21 bits per heavy atom. The second-order valence-electron chi connectivity index (χ2n) is 7.14. The SMILES string of the molecule is CC(C)CNCC1(c2ccccc2Cl)CC2(CC2)C1. The van der Waals surface area contributed by atoms with E-state index in [2.05, 4.69) is 31.3 Å². The minimum Gasteiger partial charge on any atom is -0.316 e. The van der Waals surface area contributed by atoms with Crippen molar-refractivity contribution in [2.24, 2.45) is 11.3 Å². The molecule has 0 atom stereocenters. The first kappa shape index (κ1) is 13.5. The predicted octanol–water partition coefficient (Wildman–Crippen LogP) is 4.40. The Morgan fingerprint density at radius 2 is 1.89 bits per heavy atom. The van der Waals surface area contributed by atoms with E-state index in [0.717, 1.165) is 18.1 Å². The van der Waals surface area contributed by atoms with Crippen LogP contribution >= 0.6 is 11.6 Å². The molecule has 2 fully saturated rings. The van der Waals surface area contributed by atoms with E-state index in [1.807, 2.05) is 12.1 Å². The van der Waals surface area contributed by atoms with Crippen LogP contribution in [0.3, 0.4) is 0 Å². The molecule has 0 bridgehead atoms. The first-order valence-corrected chi connectivity index (χ1v) is 7.89. The van der Waals surface area contributed by atoms with Crippen LogP contribution in [0.1, 0.15) is 45.1 Å². The molecular formula is C17H24ClN. The highest BCUT2D eigenvalue weighted by Crippen LogP contribution is 2.69. The Kier molecular flexibility index (Phi) is 3.39. The summed E-state index contributed by atoms with van der Waals surface area (Å²) in [7, 11) is 0. The van der Waals surface area contributed by atoms with Gasteiger partial charge in [0.25, 0.3) is 0 Å². The second-order valence-corrected chi connectivity index (χ2v) is 7.55. The zero-order valence-electron chi connectivity index (χ0n) is 12.0. The van der Waals surface area contributed by atoms with E-state index in [4.69, 9.17) is 11.6 Å². The topological polar surface area (TPSA) is 12.0 Å². The van der Waals surface area contributed by atoms with E-state index in [0.29, 0.717) is 16.7 Å². The molecule has 1 nitrogen and oxygen atoms in total. The number of halogens is 1. The maximum Gasteiger partial charge on any atom is 0.0444 e. The van der Waals surface area contributed by atoms with Gasteiger partial charge in [0.2, 0.25) is 0 Å². The average molecular weight is 278 g/mol. The molecular weight excluding hydrogens is 254 g/mol. The fourth-order valence-corrected chi connectivity index (χ4v) is 4.15. The summed E-state index contributed by atoms with van der Waals surface area (Å²) in [4.78, 5) is 0. The van der Waals surface area contributed by atoms with Crippen LogP contribution in [0.25, 0.3) is 0 Å². The van der Waals surface area contributed by atoms with Gasteiger partial charge in [-0.15, -0.1) is 0 Å². The third kappa shape index (κ3) is 2.55. The normalized spacial score (nSPS) is 22.5. The summed E-state index contributed by atoms with van der Waals surface area (Å²) in [5.41, 5.74) is 2.35. The summed E-state index contributed by atoms with van der Waals surface area (Å²) < 4.78 is 0. The molecule has 0 saturated heterocycles. The highest BCUT2D eigenvalue weighted by atomic mass is 35.5. The molecule has 0 amide bonds. The number of hydrogen-bond donors (Lipinski definition) is 1. The molecule has 104 valence electrons. The monoisotopic (exact) mass is 277 g/mol. The minimum absolute atomic E-state index is 0.295. The van der Waals surface area contributed by atoms with Crippen molar-refractivity contribution in [3.63, 3.8) is 0 Å². The lowest BCUT2D eigenvalue weighted by Crippen LogP contribution is -2.50.